The number of rotatable bonds is 8. The molecule has 0 spiro atoms. The van der Waals surface area contributed by atoms with Crippen molar-refractivity contribution in [3.63, 3.8) is 0 Å². The van der Waals surface area contributed by atoms with Gasteiger partial charge in [-0.25, -0.2) is 9.67 Å². The normalized spacial score (nSPS) is 11.7. The van der Waals surface area contributed by atoms with Gasteiger partial charge in [-0.15, -0.1) is 0 Å². The number of hydrogen-bond donors (Lipinski definition) is 2. The Hall–Kier alpha value is -3.39. The van der Waals surface area contributed by atoms with Crippen LogP contribution in [0.2, 0.25) is 0 Å². The zero-order chi connectivity index (χ0) is 20.8. The van der Waals surface area contributed by atoms with E-state index >= 15 is 0 Å². The molecule has 0 radical (unpaired) electrons. The van der Waals surface area contributed by atoms with Crippen molar-refractivity contribution in [2.45, 2.75) is 26.1 Å². The minimum Gasteiger partial charge on any atom is -0.493 e. The second kappa shape index (κ2) is 9.20. The summed E-state index contributed by atoms with van der Waals surface area (Å²) in [5.41, 5.74) is 7.72. The van der Waals surface area contributed by atoms with Gasteiger partial charge in [-0.2, -0.15) is 5.10 Å². The summed E-state index contributed by atoms with van der Waals surface area (Å²) in [4.78, 5) is 17.1. The number of carbonyl (C=O) groups is 1. The molecule has 0 aliphatic rings. The summed E-state index contributed by atoms with van der Waals surface area (Å²) in [6.45, 7) is 2.13. The number of para-hydroxylation sites is 1. The smallest absolute Gasteiger partial charge is 0.242 e. The summed E-state index contributed by atoms with van der Waals surface area (Å²) in [5, 5.41) is 7.36. The molecule has 1 aromatic heterocycles. The molecule has 0 fully saturated rings. The summed E-state index contributed by atoms with van der Waals surface area (Å²) >= 11 is 0. The van der Waals surface area contributed by atoms with Crippen molar-refractivity contribution in [1.82, 2.24) is 20.1 Å². The van der Waals surface area contributed by atoms with Gasteiger partial charge in [-0.1, -0.05) is 42.5 Å². The standard InChI is InChI=1S/C21H25N5O3/c1-14(22)21-24-20(15-8-5-4-6-9-15)25-26(21)13-18(27)23-12-16-10-7-11-17(28-2)19(16)29-3/h4-11,14H,12-13,22H2,1-3H3,(H,23,27)/t14-/m0/s1. The molecule has 8 heteroatoms. The van der Waals surface area contributed by atoms with E-state index in [1.165, 1.54) is 0 Å². The lowest BCUT2D eigenvalue weighted by Crippen LogP contribution is -2.29. The summed E-state index contributed by atoms with van der Waals surface area (Å²) in [5.74, 6) is 2.10. The zero-order valence-electron chi connectivity index (χ0n) is 16.8. The van der Waals surface area contributed by atoms with Crippen molar-refractivity contribution in [2.24, 2.45) is 5.73 Å². The van der Waals surface area contributed by atoms with Gasteiger partial charge in [0, 0.05) is 17.7 Å². The lowest BCUT2D eigenvalue weighted by Gasteiger charge is -2.13. The molecule has 1 atom stereocenters. The summed E-state index contributed by atoms with van der Waals surface area (Å²) in [6, 6.07) is 14.8. The van der Waals surface area contributed by atoms with Gasteiger partial charge >= 0.3 is 0 Å². The van der Waals surface area contributed by atoms with E-state index in [1.54, 1.807) is 25.0 Å². The maximum atomic E-state index is 12.5. The van der Waals surface area contributed by atoms with Crippen LogP contribution >= 0.6 is 0 Å². The first-order valence-electron chi connectivity index (χ1n) is 9.25. The topological polar surface area (TPSA) is 104 Å². The van der Waals surface area contributed by atoms with Crippen LogP contribution in [0.3, 0.4) is 0 Å². The molecular weight excluding hydrogens is 370 g/mol. The van der Waals surface area contributed by atoms with E-state index in [0.717, 1.165) is 11.1 Å². The number of methoxy groups -OCH3 is 2. The molecule has 8 nitrogen and oxygen atoms in total. The van der Waals surface area contributed by atoms with Crippen LogP contribution in [0.1, 0.15) is 24.4 Å². The molecule has 3 N–H and O–H groups in total. The Labute approximate surface area is 169 Å². The van der Waals surface area contributed by atoms with Crippen LogP contribution < -0.4 is 20.5 Å². The Balaban J connectivity index is 1.73. The molecule has 0 unspecified atom stereocenters. The van der Waals surface area contributed by atoms with Gasteiger partial charge in [-0.05, 0) is 13.0 Å². The molecule has 29 heavy (non-hydrogen) atoms. The van der Waals surface area contributed by atoms with Crippen molar-refractivity contribution in [2.75, 3.05) is 14.2 Å². The Bertz CT molecular complexity index is 970. The van der Waals surface area contributed by atoms with Crippen molar-refractivity contribution in [3.8, 4) is 22.9 Å². The second-order valence-corrected chi connectivity index (χ2v) is 6.54. The fourth-order valence-corrected chi connectivity index (χ4v) is 3.00. The largest absolute Gasteiger partial charge is 0.493 e. The number of aromatic nitrogens is 3. The van der Waals surface area contributed by atoms with Crippen LogP contribution in [-0.4, -0.2) is 34.9 Å². The van der Waals surface area contributed by atoms with Crippen molar-refractivity contribution < 1.29 is 14.3 Å². The van der Waals surface area contributed by atoms with Crippen LogP contribution in [0.15, 0.2) is 48.5 Å². The number of nitrogens with zero attached hydrogens (tertiary/aromatic N) is 3. The molecular formula is C21H25N5O3. The van der Waals surface area contributed by atoms with Gasteiger partial charge in [0.15, 0.2) is 17.3 Å². The quantitative estimate of drug-likeness (QED) is 0.606. The third-order valence-corrected chi connectivity index (χ3v) is 4.39. The Morgan fingerprint density at radius 1 is 1.14 bits per heavy atom. The fourth-order valence-electron chi connectivity index (χ4n) is 3.00. The maximum Gasteiger partial charge on any atom is 0.242 e. The predicted octanol–water partition coefficient (Wildman–Crippen LogP) is 2.30. The number of amides is 1. The monoisotopic (exact) mass is 395 g/mol. The van der Waals surface area contributed by atoms with Gasteiger partial charge in [-0.3, -0.25) is 4.79 Å². The number of nitrogens with two attached hydrogens (primary N) is 1. The molecule has 1 heterocycles. The van der Waals surface area contributed by atoms with Crippen molar-refractivity contribution >= 4 is 5.91 Å². The minimum absolute atomic E-state index is 0.0169. The van der Waals surface area contributed by atoms with E-state index in [9.17, 15) is 4.79 Å². The predicted molar refractivity (Wildman–Crippen MR) is 109 cm³/mol. The van der Waals surface area contributed by atoms with Gasteiger partial charge in [0.25, 0.3) is 0 Å². The average Bonchev–Trinajstić information content (AvgIpc) is 3.16. The molecule has 3 aromatic rings. The Morgan fingerprint density at radius 2 is 1.90 bits per heavy atom. The molecule has 2 aromatic carbocycles. The summed E-state index contributed by atoms with van der Waals surface area (Å²) < 4.78 is 12.2. The molecule has 0 saturated carbocycles. The Kier molecular flexibility index (Phi) is 6.46. The van der Waals surface area contributed by atoms with Crippen LogP contribution in [-0.2, 0) is 17.9 Å². The fraction of sp³-hybridized carbons (Fsp3) is 0.286. The lowest BCUT2D eigenvalue weighted by molar-refractivity contribution is -0.122. The molecule has 3 rings (SSSR count). The SMILES string of the molecule is COc1cccc(CNC(=O)Cn2nc(-c3ccccc3)nc2[C@H](C)N)c1OC. The van der Waals surface area contributed by atoms with Crippen LogP contribution in [0, 0.1) is 0 Å². The summed E-state index contributed by atoms with van der Waals surface area (Å²) in [7, 11) is 3.14. The first-order chi connectivity index (χ1) is 14.0. The van der Waals surface area contributed by atoms with Gasteiger partial charge in [0.05, 0.1) is 20.3 Å². The van der Waals surface area contributed by atoms with Crippen LogP contribution in [0.5, 0.6) is 11.5 Å². The van der Waals surface area contributed by atoms with E-state index in [1.807, 2.05) is 49.4 Å². The Morgan fingerprint density at radius 3 is 2.55 bits per heavy atom. The third-order valence-electron chi connectivity index (χ3n) is 4.39. The lowest BCUT2D eigenvalue weighted by atomic mass is 10.2. The molecule has 0 bridgehead atoms. The minimum atomic E-state index is -0.355. The van der Waals surface area contributed by atoms with Crippen LogP contribution in [0.25, 0.3) is 11.4 Å². The number of nitrogens with one attached hydrogen (secondary N) is 1. The van der Waals surface area contributed by atoms with E-state index in [2.05, 4.69) is 15.4 Å². The van der Waals surface area contributed by atoms with Gasteiger partial charge in [0.1, 0.15) is 12.4 Å². The molecule has 1 amide bonds. The number of benzene rings is 2. The molecule has 0 saturated heterocycles. The van der Waals surface area contributed by atoms with E-state index in [4.69, 9.17) is 15.2 Å². The van der Waals surface area contributed by atoms with E-state index < -0.39 is 0 Å². The summed E-state index contributed by atoms with van der Waals surface area (Å²) in [6.07, 6.45) is 0. The molecule has 152 valence electrons. The molecule has 0 aliphatic heterocycles. The van der Waals surface area contributed by atoms with Gasteiger partial charge in [0.2, 0.25) is 5.91 Å². The second-order valence-electron chi connectivity index (χ2n) is 6.54. The first kappa shape index (κ1) is 20.3. The van der Waals surface area contributed by atoms with Crippen molar-refractivity contribution in [1.29, 1.82) is 0 Å². The molecule has 0 aliphatic carbocycles. The average molecular weight is 395 g/mol. The number of ether oxygens (including phenoxy) is 2. The van der Waals surface area contributed by atoms with Crippen LogP contribution in [0.4, 0.5) is 0 Å². The highest BCUT2D eigenvalue weighted by Crippen LogP contribution is 2.30. The van der Waals surface area contributed by atoms with Gasteiger partial charge < -0.3 is 20.5 Å². The maximum absolute atomic E-state index is 12.5. The number of hydrogen-bond acceptors (Lipinski definition) is 6. The van der Waals surface area contributed by atoms with E-state index in [-0.39, 0.29) is 18.5 Å². The van der Waals surface area contributed by atoms with Crippen molar-refractivity contribution in [3.05, 3.63) is 59.9 Å². The highest BCUT2D eigenvalue weighted by Gasteiger charge is 2.17. The highest BCUT2D eigenvalue weighted by molar-refractivity contribution is 5.76. The highest BCUT2D eigenvalue weighted by atomic mass is 16.5. The zero-order valence-corrected chi connectivity index (χ0v) is 16.8. The van der Waals surface area contributed by atoms with E-state index in [0.29, 0.717) is 29.7 Å². The third kappa shape index (κ3) is 4.72. The number of carbonyl (C=O) groups excluding carboxylic acids is 1. The first-order valence-corrected chi connectivity index (χ1v) is 9.25.